The number of carbonyl (C=O) groups excluding carboxylic acids is 1. The molecule has 0 aromatic carbocycles. The second-order valence-electron chi connectivity index (χ2n) is 5.59. The minimum absolute atomic E-state index is 0. The Kier molecular flexibility index (Phi) is 7.83. The molecular weight excluding hydrogens is 252 g/mol. The molecule has 0 bridgehead atoms. The van der Waals surface area contributed by atoms with E-state index in [2.05, 4.69) is 19.2 Å². The van der Waals surface area contributed by atoms with Gasteiger partial charge in [-0.2, -0.15) is 0 Å². The number of nitrogens with one attached hydrogen (secondary N) is 1. The summed E-state index contributed by atoms with van der Waals surface area (Å²) in [7, 11) is 0. The number of nitrogens with two attached hydrogens (primary N) is 1. The lowest BCUT2D eigenvalue weighted by molar-refractivity contribution is -0.123. The van der Waals surface area contributed by atoms with Gasteiger partial charge >= 0.3 is 0 Å². The van der Waals surface area contributed by atoms with Gasteiger partial charge in [0.15, 0.2) is 0 Å². The largest absolute Gasteiger partial charge is 0.381 e. The summed E-state index contributed by atoms with van der Waals surface area (Å²) in [6.45, 7) is 8.30. The average Bonchev–Trinajstić information content (AvgIpc) is 2.78. The minimum atomic E-state index is -0.288. The molecule has 1 aliphatic heterocycles. The molecule has 18 heavy (non-hydrogen) atoms. The molecule has 5 heteroatoms. The monoisotopic (exact) mass is 278 g/mol. The summed E-state index contributed by atoms with van der Waals surface area (Å²) in [5.41, 5.74) is 5.45. The predicted molar refractivity (Wildman–Crippen MR) is 75.8 cm³/mol. The number of amides is 1. The number of rotatable bonds is 6. The van der Waals surface area contributed by atoms with Crippen molar-refractivity contribution in [1.82, 2.24) is 5.32 Å². The number of hydrogen-bond acceptors (Lipinski definition) is 3. The Bertz CT molecular complexity index is 255. The first-order chi connectivity index (χ1) is 7.98. The first-order valence-corrected chi connectivity index (χ1v) is 6.56. The van der Waals surface area contributed by atoms with Gasteiger partial charge in [-0.05, 0) is 31.6 Å². The lowest BCUT2D eigenvalue weighted by atomic mass is 9.88. The Labute approximate surface area is 116 Å². The van der Waals surface area contributed by atoms with Crippen LogP contribution in [0.4, 0.5) is 0 Å². The van der Waals surface area contributed by atoms with Gasteiger partial charge < -0.3 is 15.8 Å². The van der Waals surface area contributed by atoms with Crippen LogP contribution in [0.1, 0.15) is 40.0 Å². The Hall–Kier alpha value is -0.320. The van der Waals surface area contributed by atoms with E-state index < -0.39 is 0 Å². The van der Waals surface area contributed by atoms with Crippen LogP contribution in [0.15, 0.2) is 0 Å². The molecule has 4 nitrogen and oxygen atoms in total. The van der Waals surface area contributed by atoms with Gasteiger partial charge in [-0.1, -0.05) is 13.8 Å². The van der Waals surface area contributed by atoms with Crippen LogP contribution >= 0.6 is 12.4 Å². The van der Waals surface area contributed by atoms with Gasteiger partial charge in [0.2, 0.25) is 5.91 Å². The highest BCUT2D eigenvalue weighted by molar-refractivity contribution is 5.85. The van der Waals surface area contributed by atoms with Gasteiger partial charge in [0.25, 0.3) is 0 Å². The first-order valence-electron chi connectivity index (χ1n) is 6.56. The van der Waals surface area contributed by atoms with E-state index in [0.29, 0.717) is 24.8 Å². The normalized spacial score (nSPS) is 22.4. The molecular formula is C13H27ClN2O2. The molecule has 1 aliphatic rings. The summed E-state index contributed by atoms with van der Waals surface area (Å²) in [4.78, 5) is 11.9. The standard InChI is InChI=1S/C13H26N2O2.ClH/c1-10(2)13(3,9-14)15-12(16)5-4-11-6-7-17-8-11;/h10-11H,4-9,14H2,1-3H3,(H,15,16);1H. The van der Waals surface area contributed by atoms with Crippen molar-refractivity contribution in [1.29, 1.82) is 0 Å². The molecule has 2 atom stereocenters. The van der Waals surface area contributed by atoms with E-state index in [4.69, 9.17) is 10.5 Å². The van der Waals surface area contributed by atoms with Gasteiger partial charge in [-0.15, -0.1) is 12.4 Å². The zero-order valence-electron chi connectivity index (χ0n) is 11.7. The smallest absolute Gasteiger partial charge is 0.220 e. The van der Waals surface area contributed by atoms with E-state index in [1.54, 1.807) is 0 Å². The SMILES string of the molecule is CC(C)C(C)(CN)NC(=O)CCC1CCOC1.Cl. The highest BCUT2D eigenvalue weighted by Crippen LogP contribution is 2.19. The molecule has 1 rings (SSSR count). The minimum Gasteiger partial charge on any atom is -0.381 e. The summed E-state index contributed by atoms with van der Waals surface area (Å²) >= 11 is 0. The quantitative estimate of drug-likeness (QED) is 0.777. The molecule has 0 aromatic heterocycles. The maximum Gasteiger partial charge on any atom is 0.220 e. The van der Waals surface area contributed by atoms with E-state index in [1.165, 1.54) is 0 Å². The molecule has 1 amide bonds. The van der Waals surface area contributed by atoms with Crippen LogP contribution in [-0.2, 0) is 9.53 Å². The van der Waals surface area contributed by atoms with Gasteiger partial charge in [0.1, 0.15) is 0 Å². The van der Waals surface area contributed by atoms with Crippen molar-refractivity contribution in [3.63, 3.8) is 0 Å². The molecule has 0 saturated carbocycles. The van der Waals surface area contributed by atoms with Crippen LogP contribution in [0.5, 0.6) is 0 Å². The third kappa shape index (κ3) is 5.12. The molecule has 0 spiro atoms. The van der Waals surface area contributed by atoms with Crippen molar-refractivity contribution in [3.05, 3.63) is 0 Å². The molecule has 108 valence electrons. The Balaban J connectivity index is 0.00000289. The van der Waals surface area contributed by atoms with Crippen molar-refractivity contribution in [3.8, 4) is 0 Å². The van der Waals surface area contributed by atoms with E-state index in [-0.39, 0.29) is 23.9 Å². The van der Waals surface area contributed by atoms with E-state index in [9.17, 15) is 4.79 Å². The molecule has 3 N–H and O–H groups in total. The lowest BCUT2D eigenvalue weighted by Gasteiger charge is -2.33. The van der Waals surface area contributed by atoms with E-state index >= 15 is 0 Å². The number of carbonyl (C=O) groups is 1. The molecule has 1 saturated heterocycles. The fraction of sp³-hybridized carbons (Fsp3) is 0.923. The van der Waals surface area contributed by atoms with Gasteiger partial charge in [-0.25, -0.2) is 0 Å². The highest BCUT2D eigenvalue weighted by atomic mass is 35.5. The summed E-state index contributed by atoms with van der Waals surface area (Å²) < 4.78 is 5.30. The molecule has 1 heterocycles. The fourth-order valence-electron chi connectivity index (χ4n) is 1.96. The van der Waals surface area contributed by atoms with E-state index in [1.807, 2.05) is 6.92 Å². The molecule has 2 unspecified atom stereocenters. The number of halogens is 1. The van der Waals surface area contributed by atoms with Crippen molar-refractivity contribution in [2.24, 2.45) is 17.6 Å². The molecule has 0 aliphatic carbocycles. The Morgan fingerprint density at radius 3 is 2.67 bits per heavy atom. The second-order valence-corrected chi connectivity index (χ2v) is 5.59. The van der Waals surface area contributed by atoms with Gasteiger partial charge in [0.05, 0.1) is 5.54 Å². The predicted octanol–water partition coefficient (Wildman–Crippen LogP) is 1.71. The fourth-order valence-corrected chi connectivity index (χ4v) is 1.96. The third-order valence-electron chi connectivity index (χ3n) is 3.93. The van der Waals surface area contributed by atoms with Crippen LogP contribution < -0.4 is 11.1 Å². The molecule has 0 radical (unpaired) electrons. The Morgan fingerprint density at radius 1 is 1.56 bits per heavy atom. The van der Waals surface area contributed by atoms with Gasteiger partial charge in [0, 0.05) is 26.2 Å². The average molecular weight is 279 g/mol. The maximum atomic E-state index is 11.9. The summed E-state index contributed by atoms with van der Waals surface area (Å²) in [6, 6.07) is 0. The van der Waals surface area contributed by atoms with Crippen molar-refractivity contribution >= 4 is 18.3 Å². The summed E-state index contributed by atoms with van der Waals surface area (Å²) in [5, 5.41) is 3.06. The topological polar surface area (TPSA) is 64.3 Å². The molecule has 1 fully saturated rings. The zero-order chi connectivity index (χ0) is 12.9. The summed E-state index contributed by atoms with van der Waals surface area (Å²) in [5.74, 6) is 1.01. The lowest BCUT2D eigenvalue weighted by Crippen LogP contribution is -2.55. The van der Waals surface area contributed by atoms with Crippen molar-refractivity contribution < 1.29 is 9.53 Å². The van der Waals surface area contributed by atoms with Crippen LogP contribution in [0, 0.1) is 11.8 Å². The van der Waals surface area contributed by atoms with Crippen LogP contribution in [0.2, 0.25) is 0 Å². The summed E-state index contributed by atoms with van der Waals surface area (Å²) in [6.07, 6.45) is 2.59. The Morgan fingerprint density at radius 2 is 2.22 bits per heavy atom. The molecule has 0 aromatic rings. The maximum absolute atomic E-state index is 11.9. The van der Waals surface area contributed by atoms with E-state index in [0.717, 1.165) is 26.1 Å². The van der Waals surface area contributed by atoms with Crippen LogP contribution in [0.25, 0.3) is 0 Å². The number of hydrogen-bond donors (Lipinski definition) is 2. The number of ether oxygens (including phenoxy) is 1. The highest BCUT2D eigenvalue weighted by Gasteiger charge is 2.28. The second kappa shape index (κ2) is 7.97. The van der Waals surface area contributed by atoms with Gasteiger partial charge in [-0.3, -0.25) is 4.79 Å². The van der Waals surface area contributed by atoms with Crippen LogP contribution in [0.3, 0.4) is 0 Å². The third-order valence-corrected chi connectivity index (χ3v) is 3.93. The first kappa shape index (κ1) is 17.7. The van der Waals surface area contributed by atoms with Crippen molar-refractivity contribution in [2.45, 2.75) is 45.6 Å². The van der Waals surface area contributed by atoms with Crippen molar-refractivity contribution in [2.75, 3.05) is 19.8 Å². The van der Waals surface area contributed by atoms with Crippen LogP contribution in [-0.4, -0.2) is 31.2 Å². The zero-order valence-corrected chi connectivity index (χ0v) is 12.5.